The van der Waals surface area contributed by atoms with E-state index >= 15 is 0 Å². The molecule has 3 rings (SSSR count). The number of carbonyl (C=O) groups is 2. The van der Waals surface area contributed by atoms with E-state index in [0.29, 0.717) is 35.6 Å². The maximum absolute atomic E-state index is 12.7. The molecule has 0 spiro atoms. The Morgan fingerprint density at radius 2 is 1.56 bits per heavy atom. The van der Waals surface area contributed by atoms with Crippen LogP contribution in [-0.4, -0.2) is 73.4 Å². The average Bonchev–Trinajstić information content (AvgIpc) is 2.82. The third-order valence-corrected chi connectivity index (χ3v) is 5.23. The van der Waals surface area contributed by atoms with E-state index in [1.54, 1.807) is 36.4 Å². The number of hydrogen-bond acceptors (Lipinski definition) is 5. The summed E-state index contributed by atoms with van der Waals surface area (Å²) in [7, 11) is 3.54. The molecule has 2 aromatic rings. The summed E-state index contributed by atoms with van der Waals surface area (Å²) >= 11 is 0. The Morgan fingerprint density at radius 3 is 2.16 bits per heavy atom. The van der Waals surface area contributed by atoms with Crippen LogP contribution in [0.4, 0.5) is 5.69 Å². The van der Waals surface area contributed by atoms with Crippen molar-refractivity contribution in [2.45, 2.75) is 0 Å². The molecule has 2 amide bonds. The first kappa shape index (κ1) is 22.9. The number of para-hydroxylation sites is 1. The van der Waals surface area contributed by atoms with Gasteiger partial charge < -0.3 is 20.9 Å². The molecule has 166 valence electrons. The van der Waals surface area contributed by atoms with Gasteiger partial charge in [0.25, 0.3) is 11.8 Å². The number of nitrogens with two attached hydrogens (primary N) is 1. The number of amidine groups is 1. The summed E-state index contributed by atoms with van der Waals surface area (Å²) < 4.78 is 0. The van der Waals surface area contributed by atoms with Crippen molar-refractivity contribution in [1.82, 2.24) is 9.80 Å². The lowest BCUT2D eigenvalue weighted by Gasteiger charge is -2.32. The van der Waals surface area contributed by atoms with Crippen LogP contribution in [0, 0.1) is 0 Å². The van der Waals surface area contributed by atoms with E-state index in [1.807, 2.05) is 30.1 Å². The van der Waals surface area contributed by atoms with Crippen molar-refractivity contribution in [3.05, 3.63) is 72.3 Å². The summed E-state index contributed by atoms with van der Waals surface area (Å²) in [4.78, 5) is 37.7. The standard InChI is InChI=1S/C24H28N6O2/c1-17(27-21(22(25)26-2)23(31)28-20-7-5-4-6-8-20)18-9-11-19(12-10-18)24(32)30-15-13-29(3)14-16-30/h4-12H,1,13-16H2,2-3H3,(H2,25,26)(H,28,31). The quantitative estimate of drug-likeness (QED) is 0.539. The summed E-state index contributed by atoms with van der Waals surface area (Å²) in [6.07, 6.45) is 0. The van der Waals surface area contributed by atoms with Crippen molar-refractivity contribution >= 4 is 34.7 Å². The first-order chi connectivity index (χ1) is 15.4. The molecule has 2 aromatic carbocycles. The summed E-state index contributed by atoms with van der Waals surface area (Å²) in [5.41, 5.74) is 8.13. The first-order valence-corrected chi connectivity index (χ1v) is 10.3. The van der Waals surface area contributed by atoms with Crippen LogP contribution in [0.3, 0.4) is 0 Å². The molecule has 8 heteroatoms. The van der Waals surface area contributed by atoms with Crippen LogP contribution in [0.1, 0.15) is 15.9 Å². The Bertz CT molecular complexity index is 1040. The Morgan fingerprint density at radius 1 is 0.969 bits per heavy atom. The van der Waals surface area contributed by atoms with Gasteiger partial charge in [-0.3, -0.25) is 14.6 Å². The van der Waals surface area contributed by atoms with Gasteiger partial charge in [0.05, 0.1) is 5.70 Å². The number of hydrogen-bond donors (Lipinski definition) is 2. The van der Waals surface area contributed by atoms with Crippen molar-refractivity contribution in [2.75, 3.05) is 45.6 Å². The molecule has 0 radical (unpaired) electrons. The minimum atomic E-state index is -0.484. The number of aliphatic imine (C=N–C) groups is 2. The highest BCUT2D eigenvalue weighted by Gasteiger charge is 2.21. The van der Waals surface area contributed by atoms with E-state index < -0.39 is 5.91 Å². The number of piperazine rings is 1. The second-order valence-corrected chi connectivity index (χ2v) is 7.51. The number of anilines is 1. The number of likely N-dealkylation sites (N-methyl/N-ethyl adjacent to an activating group) is 1. The van der Waals surface area contributed by atoms with E-state index in [9.17, 15) is 9.59 Å². The minimum Gasteiger partial charge on any atom is -0.382 e. The van der Waals surface area contributed by atoms with Gasteiger partial charge in [-0.15, -0.1) is 0 Å². The van der Waals surface area contributed by atoms with Crippen LogP contribution in [0.15, 0.2) is 71.2 Å². The summed E-state index contributed by atoms with van der Waals surface area (Å²) in [6.45, 7) is 7.12. The van der Waals surface area contributed by atoms with Crippen LogP contribution in [-0.2, 0) is 4.79 Å². The number of carbonyl (C=O) groups excluding carboxylic acids is 2. The van der Waals surface area contributed by atoms with Crippen LogP contribution in [0.25, 0.3) is 5.70 Å². The predicted molar refractivity (Wildman–Crippen MR) is 129 cm³/mol. The van der Waals surface area contributed by atoms with Crippen LogP contribution in [0.2, 0.25) is 0 Å². The zero-order chi connectivity index (χ0) is 23.1. The van der Waals surface area contributed by atoms with Crippen molar-refractivity contribution in [2.24, 2.45) is 15.7 Å². The predicted octanol–water partition coefficient (Wildman–Crippen LogP) is 2.11. The average molecular weight is 433 g/mol. The minimum absolute atomic E-state index is 0.00134. The van der Waals surface area contributed by atoms with Gasteiger partial charge in [-0.05, 0) is 36.9 Å². The third kappa shape index (κ3) is 5.67. The SMILES string of the molecule is C=C(N=C(C(=O)Nc1ccccc1)C(N)=NC)c1ccc(C(=O)N2CCN(C)CC2)cc1. The summed E-state index contributed by atoms with van der Waals surface area (Å²) in [5.74, 6) is -0.479. The highest BCUT2D eigenvalue weighted by Crippen LogP contribution is 2.17. The fourth-order valence-electron chi connectivity index (χ4n) is 3.24. The smallest absolute Gasteiger partial charge is 0.278 e. The maximum atomic E-state index is 12.7. The lowest BCUT2D eigenvalue weighted by atomic mass is 10.1. The molecule has 1 saturated heterocycles. The van der Waals surface area contributed by atoms with E-state index in [4.69, 9.17) is 5.73 Å². The zero-order valence-electron chi connectivity index (χ0n) is 18.4. The lowest BCUT2D eigenvalue weighted by Crippen LogP contribution is -2.47. The van der Waals surface area contributed by atoms with Gasteiger partial charge in [-0.1, -0.05) is 36.9 Å². The molecule has 1 aliphatic rings. The molecule has 8 nitrogen and oxygen atoms in total. The molecule has 0 atom stereocenters. The van der Waals surface area contributed by atoms with Crippen LogP contribution >= 0.6 is 0 Å². The van der Waals surface area contributed by atoms with Gasteiger partial charge in [0.2, 0.25) is 0 Å². The molecule has 0 saturated carbocycles. The monoisotopic (exact) mass is 432 g/mol. The van der Waals surface area contributed by atoms with Crippen LogP contribution < -0.4 is 11.1 Å². The van der Waals surface area contributed by atoms with E-state index in [1.165, 1.54) is 7.05 Å². The Kier molecular flexibility index (Phi) is 7.51. The van der Waals surface area contributed by atoms with Gasteiger partial charge in [0.1, 0.15) is 5.84 Å². The molecule has 1 fully saturated rings. The molecule has 1 aliphatic heterocycles. The fourth-order valence-corrected chi connectivity index (χ4v) is 3.24. The van der Waals surface area contributed by atoms with E-state index in [0.717, 1.165) is 13.1 Å². The van der Waals surface area contributed by atoms with Crippen molar-refractivity contribution < 1.29 is 9.59 Å². The Labute approximate surface area is 188 Å². The number of nitrogens with one attached hydrogen (secondary N) is 1. The molecule has 0 aliphatic carbocycles. The Hall–Kier alpha value is -3.78. The second kappa shape index (κ2) is 10.5. The lowest BCUT2D eigenvalue weighted by molar-refractivity contribution is -0.110. The highest BCUT2D eigenvalue weighted by molar-refractivity contribution is 6.68. The highest BCUT2D eigenvalue weighted by atomic mass is 16.2. The summed E-state index contributed by atoms with van der Waals surface area (Å²) in [5, 5.41) is 2.75. The molecule has 0 aromatic heterocycles. The molecule has 32 heavy (non-hydrogen) atoms. The van der Waals surface area contributed by atoms with Gasteiger partial charge in [0.15, 0.2) is 5.71 Å². The second-order valence-electron chi connectivity index (χ2n) is 7.51. The van der Waals surface area contributed by atoms with Crippen LogP contribution in [0.5, 0.6) is 0 Å². The van der Waals surface area contributed by atoms with Gasteiger partial charge in [-0.2, -0.15) is 0 Å². The van der Waals surface area contributed by atoms with Crippen molar-refractivity contribution in [3.63, 3.8) is 0 Å². The van der Waals surface area contributed by atoms with Crippen molar-refractivity contribution in [1.29, 1.82) is 0 Å². The van der Waals surface area contributed by atoms with E-state index in [-0.39, 0.29) is 17.5 Å². The first-order valence-electron chi connectivity index (χ1n) is 10.3. The number of amides is 2. The van der Waals surface area contributed by atoms with Crippen molar-refractivity contribution in [3.8, 4) is 0 Å². The molecule has 1 heterocycles. The maximum Gasteiger partial charge on any atom is 0.278 e. The normalized spacial score (nSPS) is 15.4. The topological polar surface area (TPSA) is 103 Å². The fraction of sp³-hybridized carbons (Fsp3) is 0.250. The van der Waals surface area contributed by atoms with Gasteiger partial charge in [0, 0.05) is 44.5 Å². The molecule has 0 bridgehead atoms. The molecular formula is C24H28N6O2. The third-order valence-electron chi connectivity index (χ3n) is 5.23. The summed E-state index contributed by atoms with van der Waals surface area (Å²) in [6, 6.07) is 16.0. The molecular weight excluding hydrogens is 404 g/mol. The number of benzene rings is 2. The van der Waals surface area contributed by atoms with Gasteiger partial charge in [-0.25, -0.2) is 4.99 Å². The molecule has 0 unspecified atom stereocenters. The van der Waals surface area contributed by atoms with Gasteiger partial charge >= 0.3 is 0 Å². The number of rotatable bonds is 6. The molecule has 3 N–H and O–H groups in total. The largest absolute Gasteiger partial charge is 0.382 e. The zero-order valence-corrected chi connectivity index (χ0v) is 18.4. The van der Waals surface area contributed by atoms with E-state index in [2.05, 4.69) is 26.8 Å². The Balaban J connectivity index is 1.75. The number of nitrogens with zero attached hydrogens (tertiary/aromatic N) is 4.